The van der Waals surface area contributed by atoms with Crippen LogP contribution in [0, 0.1) is 17.1 Å². The van der Waals surface area contributed by atoms with E-state index >= 15 is 0 Å². The molecule has 1 fully saturated rings. The van der Waals surface area contributed by atoms with Gasteiger partial charge in [-0.1, -0.05) is 0 Å². The molecule has 1 aliphatic carbocycles. The van der Waals surface area contributed by atoms with Crippen LogP contribution in [0.5, 0.6) is 0 Å². The van der Waals surface area contributed by atoms with Crippen molar-refractivity contribution in [2.45, 2.75) is 38.1 Å². The number of halogens is 1. The molecule has 0 spiro atoms. The summed E-state index contributed by atoms with van der Waals surface area (Å²) < 4.78 is 15.7. The summed E-state index contributed by atoms with van der Waals surface area (Å²) in [6, 6.07) is 6.98. The average Bonchev–Trinajstić information content (AvgIpc) is 3.21. The molecule has 1 aromatic heterocycles. The van der Waals surface area contributed by atoms with Gasteiger partial charge in [0.05, 0.1) is 29.3 Å². The van der Waals surface area contributed by atoms with Gasteiger partial charge in [-0.05, 0) is 50.3 Å². The second-order valence-electron chi connectivity index (χ2n) is 6.41. The Balaban J connectivity index is 1.58. The molecule has 118 valence electrons. The van der Waals surface area contributed by atoms with Gasteiger partial charge in [-0.3, -0.25) is 0 Å². The van der Waals surface area contributed by atoms with Crippen LogP contribution in [-0.2, 0) is 12.8 Å². The third-order valence-corrected chi connectivity index (χ3v) is 5.04. The van der Waals surface area contributed by atoms with E-state index in [2.05, 4.69) is 20.5 Å². The van der Waals surface area contributed by atoms with Gasteiger partial charge in [-0.2, -0.15) is 5.26 Å². The molecular formula is C18H19FN4. The minimum Gasteiger partial charge on any atom is -0.368 e. The predicted molar refractivity (Wildman–Crippen MR) is 85.9 cm³/mol. The molecule has 1 saturated heterocycles. The van der Waals surface area contributed by atoms with E-state index in [-0.39, 0.29) is 5.82 Å². The molecule has 4 rings (SSSR count). The van der Waals surface area contributed by atoms with Gasteiger partial charge in [0.2, 0.25) is 0 Å². The van der Waals surface area contributed by atoms with Gasteiger partial charge in [0.15, 0.2) is 0 Å². The van der Waals surface area contributed by atoms with Crippen molar-refractivity contribution in [3.63, 3.8) is 0 Å². The van der Waals surface area contributed by atoms with E-state index in [1.54, 1.807) is 6.07 Å². The van der Waals surface area contributed by atoms with E-state index in [0.29, 0.717) is 11.6 Å². The molecular weight excluding hydrogens is 291 g/mol. The fraction of sp³-hybridized carbons (Fsp3) is 0.444. The SMILES string of the molecule is N#Cc1cc(F)ccc1N1CCC(n2cnc3c2CCCC3)C1. The lowest BCUT2D eigenvalue weighted by Crippen LogP contribution is -2.22. The lowest BCUT2D eigenvalue weighted by atomic mass is 10.0. The Kier molecular flexibility index (Phi) is 3.53. The molecule has 2 heterocycles. The summed E-state index contributed by atoms with van der Waals surface area (Å²) in [5.74, 6) is -0.357. The van der Waals surface area contributed by atoms with Crippen LogP contribution in [0.1, 0.15) is 42.3 Å². The number of imidazole rings is 1. The van der Waals surface area contributed by atoms with E-state index in [4.69, 9.17) is 0 Å². The first-order valence-electron chi connectivity index (χ1n) is 8.25. The summed E-state index contributed by atoms with van der Waals surface area (Å²) in [4.78, 5) is 6.78. The van der Waals surface area contributed by atoms with Gasteiger partial charge in [0, 0.05) is 18.8 Å². The number of fused-ring (bicyclic) bond motifs is 1. The number of anilines is 1. The fourth-order valence-corrected chi connectivity index (χ4v) is 3.87. The highest BCUT2D eigenvalue weighted by Gasteiger charge is 2.28. The minimum absolute atomic E-state index is 0.357. The van der Waals surface area contributed by atoms with Crippen molar-refractivity contribution in [1.29, 1.82) is 5.26 Å². The maximum atomic E-state index is 13.3. The molecule has 2 aliphatic rings. The number of nitriles is 1. The third kappa shape index (κ3) is 2.48. The summed E-state index contributed by atoms with van der Waals surface area (Å²) in [5.41, 5.74) is 3.90. The minimum atomic E-state index is -0.357. The van der Waals surface area contributed by atoms with Crippen molar-refractivity contribution in [3.8, 4) is 6.07 Å². The summed E-state index contributed by atoms with van der Waals surface area (Å²) >= 11 is 0. The summed E-state index contributed by atoms with van der Waals surface area (Å²) in [7, 11) is 0. The molecule has 1 aromatic carbocycles. The van der Waals surface area contributed by atoms with Crippen molar-refractivity contribution < 1.29 is 4.39 Å². The van der Waals surface area contributed by atoms with Gasteiger partial charge in [0.1, 0.15) is 11.9 Å². The van der Waals surface area contributed by atoms with Crippen molar-refractivity contribution in [1.82, 2.24) is 9.55 Å². The molecule has 5 heteroatoms. The van der Waals surface area contributed by atoms with Gasteiger partial charge in [0.25, 0.3) is 0 Å². The number of rotatable bonds is 2. The van der Waals surface area contributed by atoms with Crippen LogP contribution in [0.4, 0.5) is 10.1 Å². The molecule has 0 radical (unpaired) electrons. The number of benzene rings is 1. The molecule has 0 amide bonds. The number of aromatic nitrogens is 2. The molecule has 1 atom stereocenters. The molecule has 0 saturated carbocycles. The predicted octanol–water partition coefficient (Wildman–Crippen LogP) is 3.22. The molecule has 23 heavy (non-hydrogen) atoms. The van der Waals surface area contributed by atoms with E-state index in [0.717, 1.165) is 38.0 Å². The van der Waals surface area contributed by atoms with E-state index in [9.17, 15) is 9.65 Å². The van der Waals surface area contributed by atoms with Gasteiger partial charge < -0.3 is 9.47 Å². The largest absolute Gasteiger partial charge is 0.368 e. The lowest BCUT2D eigenvalue weighted by molar-refractivity contribution is 0.515. The standard InChI is InChI=1S/C18H19FN4/c19-14-5-6-17(13(9-14)10-20)22-8-7-15(11-22)23-12-21-16-3-1-2-4-18(16)23/h5-6,9,12,15H,1-4,7-8,11H2. The molecule has 1 aliphatic heterocycles. The Morgan fingerprint density at radius 3 is 3.00 bits per heavy atom. The first kappa shape index (κ1) is 14.3. The van der Waals surface area contributed by atoms with Crippen LogP contribution in [-0.4, -0.2) is 22.6 Å². The van der Waals surface area contributed by atoms with Crippen molar-refractivity contribution >= 4 is 5.69 Å². The highest BCUT2D eigenvalue weighted by molar-refractivity contribution is 5.60. The van der Waals surface area contributed by atoms with Crippen LogP contribution in [0.25, 0.3) is 0 Å². The second-order valence-corrected chi connectivity index (χ2v) is 6.41. The number of aryl methyl sites for hydroxylation is 1. The average molecular weight is 310 g/mol. The molecule has 1 unspecified atom stereocenters. The van der Waals surface area contributed by atoms with E-state index < -0.39 is 0 Å². The zero-order valence-electron chi connectivity index (χ0n) is 13.0. The maximum Gasteiger partial charge on any atom is 0.124 e. The Bertz CT molecular complexity index is 774. The normalized spacial score (nSPS) is 20.3. The fourth-order valence-electron chi connectivity index (χ4n) is 3.87. The Morgan fingerprint density at radius 2 is 2.13 bits per heavy atom. The highest BCUT2D eigenvalue weighted by atomic mass is 19.1. The zero-order chi connectivity index (χ0) is 15.8. The lowest BCUT2D eigenvalue weighted by Gasteiger charge is -2.22. The number of hydrogen-bond acceptors (Lipinski definition) is 3. The Labute approximate surface area is 135 Å². The molecule has 0 N–H and O–H groups in total. The van der Waals surface area contributed by atoms with Crippen LogP contribution in [0.2, 0.25) is 0 Å². The Hall–Kier alpha value is -2.35. The maximum absolute atomic E-state index is 13.3. The first-order chi connectivity index (χ1) is 11.3. The van der Waals surface area contributed by atoms with Gasteiger partial charge in [-0.25, -0.2) is 9.37 Å². The van der Waals surface area contributed by atoms with E-state index in [1.807, 2.05) is 6.33 Å². The second kappa shape index (κ2) is 5.69. The third-order valence-electron chi connectivity index (χ3n) is 5.04. The quantitative estimate of drug-likeness (QED) is 0.855. The Morgan fingerprint density at radius 1 is 1.26 bits per heavy atom. The smallest absolute Gasteiger partial charge is 0.124 e. The van der Waals surface area contributed by atoms with Crippen LogP contribution < -0.4 is 4.90 Å². The highest BCUT2D eigenvalue weighted by Crippen LogP contribution is 2.32. The van der Waals surface area contributed by atoms with Crippen molar-refractivity contribution in [2.24, 2.45) is 0 Å². The molecule has 0 bridgehead atoms. The van der Waals surface area contributed by atoms with Crippen LogP contribution >= 0.6 is 0 Å². The van der Waals surface area contributed by atoms with Crippen LogP contribution in [0.3, 0.4) is 0 Å². The number of hydrogen-bond donors (Lipinski definition) is 0. The van der Waals surface area contributed by atoms with E-state index in [1.165, 1.54) is 36.4 Å². The summed E-state index contributed by atoms with van der Waals surface area (Å²) in [6.45, 7) is 1.74. The zero-order valence-corrected chi connectivity index (χ0v) is 13.0. The number of nitrogens with zero attached hydrogens (tertiary/aromatic N) is 4. The summed E-state index contributed by atoms with van der Waals surface area (Å²) in [6.07, 6.45) is 7.71. The van der Waals surface area contributed by atoms with Crippen molar-refractivity contribution in [3.05, 3.63) is 47.3 Å². The summed E-state index contributed by atoms with van der Waals surface area (Å²) in [5, 5.41) is 9.25. The first-order valence-corrected chi connectivity index (χ1v) is 8.25. The monoisotopic (exact) mass is 310 g/mol. The van der Waals surface area contributed by atoms with Crippen molar-refractivity contribution in [2.75, 3.05) is 18.0 Å². The topological polar surface area (TPSA) is 44.9 Å². The van der Waals surface area contributed by atoms with Crippen LogP contribution in [0.15, 0.2) is 24.5 Å². The van der Waals surface area contributed by atoms with Gasteiger partial charge in [-0.15, -0.1) is 0 Å². The van der Waals surface area contributed by atoms with Gasteiger partial charge >= 0.3 is 0 Å². The molecule has 2 aromatic rings. The molecule has 4 nitrogen and oxygen atoms in total.